The van der Waals surface area contributed by atoms with Gasteiger partial charge in [0.25, 0.3) is 17.5 Å². The number of nitrogens with zero attached hydrogens (tertiary/aromatic N) is 2. The van der Waals surface area contributed by atoms with Crippen molar-refractivity contribution in [3.63, 3.8) is 0 Å². The smallest absolute Gasteiger partial charge is 0.288 e. The Bertz CT molecular complexity index is 1130. The van der Waals surface area contributed by atoms with Crippen molar-refractivity contribution in [3.05, 3.63) is 85.1 Å². The fourth-order valence-corrected chi connectivity index (χ4v) is 4.06. The van der Waals surface area contributed by atoms with Gasteiger partial charge in [-0.05, 0) is 47.7 Å². The molecule has 2 aromatic carbocycles. The summed E-state index contributed by atoms with van der Waals surface area (Å²) in [6.45, 7) is 0.576. The van der Waals surface area contributed by atoms with E-state index in [0.717, 1.165) is 23.7 Å². The number of carbonyl (C=O) groups excluding carboxylic acids is 2. The average Bonchev–Trinajstić information content (AvgIpc) is 3.37. The van der Waals surface area contributed by atoms with E-state index in [1.807, 2.05) is 17.5 Å². The molecular weight excluding hydrogens is 414 g/mol. The van der Waals surface area contributed by atoms with E-state index in [9.17, 15) is 19.7 Å². The minimum absolute atomic E-state index is 0.0354. The standard InChI is InChI=1S/C20H14ClN3O4S/c21-15-6-4-13(10-17(15)24(27)28)19(25)22-14-5-3-12-7-8-23(16(12)11-14)20(26)18-2-1-9-29-18/h1-6,9-11H,7-8H2,(H,22,25). The lowest BCUT2D eigenvalue weighted by atomic mass is 10.1. The van der Waals surface area contributed by atoms with Crippen molar-refractivity contribution in [2.75, 3.05) is 16.8 Å². The van der Waals surface area contributed by atoms with E-state index < -0.39 is 10.8 Å². The molecule has 29 heavy (non-hydrogen) atoms. The zero-order valence-electron chi connectivity index (χ0n) is 14.9. The van der Waals surface area contributed by atoms with Gasteiger partial charge in [-0.1, -0.05) is 23.7 Å². The minimum Gasteiger partial charge on any atom is -0.322 e. The summed E-state index contributed by atoms with van der Waals surface area (Å²) in [6.07, 6.45) is 0.740. The minimum atomic E-state index is -0.636. The van der Waals surface area contributed by atoms with Gasteiger partial charge >= 0.3 is 0 Å². The molecule has 1 aliphatic rings. The number of halogens is 1. The Morgan fingerprint density at radius 1 is 1.17 bits per heavy atom. The number of nitro benzene ring substituents is 1. The van der Waals surface area contributed by atoms with Gasteiger partial charge in [-0.2, -0.15) is 0 Å². The van der Waals surface area contributed by atoms with Gasteiger partial charge in [-0.15, -0.1) is 11.3 Å². The molecule has 4 rings (SSSR count). The Morgan fingerprint density at radius 2 is 2.00 bits per heavy atom. The first-order valence-corrected chi connectivity index (χ1v) is 9.93. The van der Waals surface area contributed by atoms with Gasteiger partial charge in [0.15, 0.2) is 0 Å². The molecule has 0 atom stereocenters. The van der Waals surface area contributed by atoms with Crippen molar-refractivity contribution in [2.45, 2.75) is 6.42 Å². The van der Waals surface area contributed by atoms with Crippen molar-refractivity contribution >= 4 is 51.8 Å². The van der Waals surface area contributed by atoms with Crippen LogP contribution in [0.1, 0.15) is 25.6 Å². The summed E-state index contributed by atoms with van der Waals surface area (Å²) >= 11 is 7.18. The molecule has 1 aromatic heterocycles. The lowest BCUT2D eigenvalue weighted by Gasteiger charge is -2.17. The highest BCUT2D eigenvalue weighted by atomic mass is 35.5. The largest absolute Gasteiger partial charge is 0.322 e. The molecule has 0 radical (unpaired) electrons. The van der Waals surface area contributed by atoms with Crippen LogP contribution in [0.2, 0.25) is 5.02 Å². The molecular formula is C20H14ClN3O4S. The molecule has 9 heteroatoms. The second-order valence-corrected chi connectivity index (χ2v) is 7.76. The van der Waals surface area contributed by atoms with Crippen LogP contribution < -0.4 is 10.2 Å². The number of carbonyl (C=O) groups is 2. The second kappa shape index (κ2) is 7.65. The fraction of sp³-hybridized carbons (Fsp3) is 0.100. The van der Waals surface area contributed by atoms with Crippen LogP contribution in [0.15, 0.2) is 53.9 Å². The van der Waals surface area contributed by atoms with Crippen LogP contribution in [0, 0.1) is 10.1 Å². The van der Waals surface area contributed by atoms with Gasteiger partial charge in [-0.3, -0.25) is 19.7 Å². The summed E-state index contributed by atoms with van der Waals surface area (Å²) in [5.41, 5.74) is 2.06. The first-order chi connectivity index (χ1) is 13.9. The fourth-order valence-electron chi connectivity index (χ4n) is 3.20. The predicted molar refractivity (Wildman–Crippen MR) is 112 cm³/mol. The molecule has 0 spiro atoms. The highest BCUT2D eigenvalue weighted by molar-refractivity contribution is 7.12. The predicted octanol–water partition coefficient (Wildman–Crippen LogP) is 4.76. The molecule has 2 heterocycles. The van der Waals surface area contributed by atoms with Crippen LogP contribution in [0.4, 0.5) is 17.1 Å². The topological polar surface area (TPSA) is 92.6 Å². The van der Waals surface area contributed by atoms with Gasteiger partial charge in [0.1, 0.15) is 5.02 Å². The van der Waals surface area contributed by atoms with Crippen molar-refractivity contribution in [2.24, 2.45) is 0 Å². The van der Waals surface area contributed by atoms with Crippen molar-refractivity contribution in [3.8, 4) is 0 Å². The highest BCUT2D eigenvalue weighted by Crippen LogP contribution is 2.33. The number of thiophene rings is 1. The summed E-state index contributed by atoms with van der Waals surface area (Å²) in [4.78, 5) is 38.0. The monoisotopic (exact) mass is 427 g/mol. The molecule has 146 valence electrons. The van der Waals surface area contributed by atoms with Gasteiger partial charge in [0.2, 0.25) is 0 Å². The zero-order valence-corrected chi connectivity index (χ0v) is 16.5. The number of benzene rings is 2. The van der Waals surface area contributed by atoms with Crippen molar-refractivity contribution in [1.82, 2.24) is 0 Å². The third-order valence-electron chi connectivity index (χ3n) is 4.62. The van der Waals surface area contributed by atoms with E-state index >= 15 is 0 Å². The lowest BCUT2D eigenvalue weighted by Crippen LogP contribution is -2.28. The van der Waals surface area contributed by atoms with Gasteiger partial charge in [0, 0.05) is 29.5 Å². The normalized spacial score (nSPS) is 12.5. The molecule has 0 saturated heterocycles. The Kier molecular flexibility index (Phi) is 5.04. The maximum atomic E-state index is 12.7. The highest BCUT2D eigenvalue weighted by Gasteiger charge is 2.26. The Hall–Kier alpha value is -3.23. The number of nitrogens with one attached hydrogen (secondary N) is 1. The zero-order chi connectivity index (χ0) is 20.5. The molecule has 0 unspecified atom stereocenters. The van der Waals surface area contributed by atoms with Gasteiger partial charge in [0.05, 0.1) is 9.80 Å². The van der Waals surface area contributed by atoms with Crippen molar-refractivity contribution in [1.29, 1.82) is 0 Å². The number of hydrogen-bond acceptors (Lipinski definition) is 5. The molecule has 3 aromatic rings. The molecule has 1 aliphatic heterocycles. The Labute approximate surface area is 174 Å². The first kappa shape index (κ1) is 19.1. The summed E-state index contributed by atoms with van der Waals surface area (Å²) in [5, 5.41) is 15.6. The summed E-state index contributed by atoms with van der Waals surface area (Å²) in [5.74, 6) is -0.575. The molecule has 2 amide bonds. The number of hydrogen-bond donors (Lipinski definition) is 1. The summed E-state index contributed by atoms with van der Waals surface area (Å²) < 4.78 is 0. The van der Waals surface area contributed by atoms with Gasteiger partial charge in [-0.25, -0.2) is 0 Å². The summed E-state index contributed by atoms with van der Waals surface area (Å²) in [7, 11) is 0. The number of fused-ring (bicyclic) bond motifs is 1. The maximum absolute atomic E-state index is 12.7. The molecule has 7 nitrogen and oxygen atoms in total. The van der Waals surface area contributed by atoms with Crippen LogP contribution >= 0.6 is 22.9 Å². The van der Waals surface area contributed by atoms with Crippen LogP contribution in [0.3, 0.4) is 0 Å². The van der Waals surface area contributed by atoms with Crippen LogP contribution in [-0.2, 0) is 6.42 Å². The first-order valence-electron chi connectivity index (χ1n) is 8.67. The molecule has 0 bridgehead atoms. The second-order valence-electron chi connectivity index (χ2n) is 6.41. The quantitative estimate of drug-likeness (QED) is 0.479. The number of anilines is 2. The lowest BCUT2D eigenvalue weighted by molar-refractivity contribution is -0.384. The van der Waals surface area contributed by atoms with E-state index in [2.05, 4.69) is 5.32 Å². The molecule has 0 aliphatic carbocycles. The van der Waals surface area contributed by atoms with Crippen LogP contribution in [0.5, 0.6) is 0 Å². The third kappa shape index (κ3) is 3.72. The van der Waals surface area contributed by atoms with Crippen molar-refractivity contribution < 1.29 is 14.5 Å². The molecule has 0 fully saturated rings. The maximum Gasteiger partial charge on any atom is 0.288 e. The number of rotatable bonds is 4. The number of nitro groups is 1. The summed E-state index contributed by atoms with van der Waals surface area (Å²) in [6, 6.07) is 12.9. The number of amides is 2. The van der Waals surface area contributed by atoms with E-state index in [4.69, 9.17) is 11.6 Å². The van der Waals surface area contributed by atoms with Gasteiger partial charge < -0.3 is 10.2 Å². The van der Waals surface area contributed by atoms with E-state index in [1.165, 1.54) is 23.5 Å². The SMILES string of the molecule is O=C(Nc1ccc2c(c1)N(C(=O)c1cccs1)CC2)c1ccc(Cl)c([N+](=O)[O-])c1. The Morgan fingerprint density at radius 3 is 2.72 bits per heavy atom. The van der Waals surface area contributed by atoms with E-state index in [0.29, 0.717) is 17.1 Å². The third-order valence-corrected chi connectivity index (χ3v) is 5.80. The average molecular weight is 428 g/mol. The van der Waals surface area contributed by atoms with E-state index in [-0.39, 0.29) is 22.2 Å². The van der Waals surface area contributed by atoms with Crippen LogP contribution in [-0.4, -0.2) is 23.3 Å². The Balaban J connectivity index is 1.58. The molecule has 1 N–H and O–H groups in total. The molecule has 0 saturated carbocycles. The van der Waals surface area contributed by atoms with Crippen LogP contribution in [0.25, 0.3) is 0 Å². The van der Waals surface area contributed by atoms with E-state index in [1.54, 1.807) is 23.1 Å².